The zero-order chi connectivity index (χ0) is 20.1. The minimum Gasteiger partial charge on any atom is -0.353 e. The maximum absolute atomic E-state index is 12.6. The van der Waals surface area contributed by atoms with E-state index in [2.05, 4.69) is 15.2 Å². The molecule has 0 radical (unpaired) electrons. The highest BCUT2D eigenvalue weighted by atomic mass is 16.6. The lowest BCUT2D eigenvalue weighted by molar-refractivity contribution is -0.384. The number of nitrogens with zero attached hydrogens (tertiary/aromatic N) is 4. The van der Waals surface area contributed by atoms with Gasteiger partial charge in [0.1, 0.15) is 5.82 Å². The molecule has 0 aliphatic carbocycles. The van der Waals surface area contributed by atoms with Crippen LogP contribution in [-0.2, 0) is 0 Å². The van der Waals surface area contributed by atoms with E-state index in [1.54, 1.807) is 23.2 Å². The van der Waals surface area contributed by atoms with Gasteiger partial charge in [0.05, 0.1) is 10.5 Å². The van der Waals surface area contributed by atoms with Gasteiger partial charge in [-0.05, 0) is 31.2 Å². The minimum absolute atomic E-state index is 0.0384. The molecule has 1 aliphatic rings. The first-order chi connectivity index (χ1) is 13.5. The lowest BCUT2D eigenvalue weighted by Crippen LogP contribution is -2.49. The first kappa shape index (κ1) is 19.3. The lowest BCUT2D eigenvalue weighted by atomic mass is 10.1. The zero-order valence-electron chi connectivity index (χ0n) is 15.5. The highest BCUT2D eigenvalue weighted by Gasteiger charge is 2.23. The Bertz CT molecular complexity index is 859. The molecule has 2 aromatic rings. The van der Waals surface area contributed by atoms with Crippen LogP contribution in [0.25, 0.3) is 0 Å². The van der Waals surface area contributed by atoms with Gasteiger partial charge in [0.25, 0.3) is 17.5 Å². The smallest absolute Gasteiger partial charge is 0.269 e. The fourth-order valence-corrected chi connectivity index (χ4v) is 3.02. The van der Waals surface area contributed by atoms with Crippen LogP contribution in [0.2, 0.25) is 0 Å². The number of rotatable bonds is 5. The summed E-state index contributed by atoms with van der Waals surface area (Å²) in [6.45, 7) is 4.70. The van der Waals surface area contributed by atoms with Crippen LogP contribution in [-0.4, -0.2) is 59.3 Å². The maximum Gasteiger partial charge on any atom is 0.269 e. The molecule has 28 heavy (non-hydrogen) atoms. The summed E-state index contributed by atoms with van der Waals surface area (Å²) in [5.74, 6) is 0.463. The Morgan fingerprint density at radius 2 is 1.71 bits per heavy atom. The third kappa shape index (κ3) is 4.25. The van der Waals surface area contributed by atoms with Gasteiger partial charge in [-0.1, -0.05) is 0 Å². The van der Waals surface area contributed by atoms with E-state index in [9.17, 15) is 19.7 Å². The normalized spacial score (nSPS) is 13.9. The van der Waals surface area contributed by atoms with Crippen molar-refractivity contribution in [2.45, 2.75) is 6.92 Å². The van der Waals surface area contributed by atoms with Crippen molar-refractivity contribution in [3.63, 3.8) is 0 Å². The summed E-state index contributed by atoms with van der Waals surface area (Å²) in [6, 6.07) is 9.18. The number of carbonyl (C=O) groups excluding carboxylic acids is 2. The number of carbonyl (C=O) groups is 2. The minimum atomic E-state index is -0.489. The van der Waals surface area contributed by atoms with Gasteiger partial charge in [-0.2, -0.15) is 0 Å². The van der Waals surface area contributed by atoms with E-state index in [0.29, 0.717) is 43.9 Å². The number of aromatic nitrogens is 1. The first-order valence-corrected chi connectivity index (χ1v) is 9.02. The molecule has 0 bridgehead atoms. The van der Waals surface area contributed by atoms with Gasteiger partial charge in [0.15, 0.2) is 0 Å². The number of non-ortho nitro benzene ring substituents is 1. The van der Waals surface area contributed by atoms with Crippen LogP contribution in [0, 0.1) is 10.1 Å². The molecular weight excluding hydrogens is 362 g/mol. The lowest BCUT2D eigenvalue weighted by Gasteiger charge is -2.35. The monoisotopic (exact) mass is 383 g/mol. The Kier molecular flexibility index (Phi) is 5.83. The Labute approximate surface area is 162 Å². The zero-order valence-corrected chi connectivity index (χ0v) is 15.5. The second-order valence-corrected chi connectivity index (χ2v) is 6.35. The third-order valence-electron chi connectivity index (χ3n) is 4.56. The van der Waals surface area contributed by atoms with Crippen LogP contribution in [0.15, 0.2) is 42.6 Å². The van der Waals surface area contributed by atoms with Crippen LogP contribution in [0.1, 0.15) is 27.6 Å². The maximum atomic E-state index is 12.6. The number of benzene rings is 1. The van der Waals surface area contributed by atoms with Crippen molar-refractivity contribution in [3.05, 3.63) is 63.8 Å². The van der Waals surface area contributed by atoms with Crippen LogP contribution < -0.4 is 10.2 Å². The van der Waals surface area contributed by atoms with E-state index in [1.165, 1.54) is 24.3 Å². The third-order valence-corrected chi connectivity index (χ3v) is 4.56. The predicted molar refractivity (Wildman–Crippen MR) is 103 cm³/mol. The highest BCUT2D eigenvalue weighted by molar-refractivity contribution is 5.95. The number of nitro groups is 1. The van der Waals surface area contributed by atoms with E-state index in [4.69, 9.17) is 0 Å². The van der Waals surface area contributed by atoms with Crippen molar-refractivity contribution in [2.75, 3.05) is 37.6 Å². The topological polar surface area (TPSA) is 109 Å². The number of nitrogens with one attached hydrogen (secondary N) is 1. The summed E-state index contributed by atoms with van der Waals surface area (Å²) < 4.78 is 0. The molecule has 0 saturated carbocycles. The van der Waals surface area contributed by atoms with Crippen LogP contribution in [0.3, 0.4) is 0 Å². The quantitative estimate of drug-likeness (QED) is 0.622. The SMILES string of the molecule is CCNC(=O)c1ccc(N2CCN(C(=O)c3ccc([N+](=O)[O-])cc3)CC2)nc1. The standard InChI is InChI=1S/C19H21N5O4/c1-2-20-18(25)15-5-8-17(21-13-15)22-9-11-23(12-10-22)19(26)14-3-6-16(7-4-14)24(27)28/h3-8,13H,2,9-12H2,1H3,(H,20,25). The molecule has 2 amide bonds. The number of anilines is 1. The molecule has 1 fully saturated rings. The van der Waals surface area contributed by atoms with Gasteiger partial charge in [-0.25, -0.2) is 4.98 Å². The Hall–Kier alpha value is -3.49. The van der Waals surface area contributed by atoms with Gasteiger partial charge >= 0.3 is 0 Å². The number of pyridine rings is 1. The summed E-state index contributed by atoms with van der Waals surface area (Å²) in [5.41, 5.74) is 0.907. The van der Waals surface area contributed by atoms with Crippen molar-refractivity contribution in [1.29, 1.82) is 0 Å². The molecule has 0 spiro atoms. The number of hydrogen-bond acceptors (Lipinski definition) is 6. The van der Waals surface area contributed by atoms with Gasteiger partial charge in [0, 0.05) is 56.6 Å². The van der Waals surface area contributed by atoms with Crippen molar-refractivity contribution in [3.8, 4) is 0 Å². The van der Waals surface area contributed by atoms with Crippen molar-refractivity contribution in [1.82, 2.24) is 15.2 Å². The summed E-state index contributed by atoms with van der Waals surface area (Å²) in [5, 5.41) is 13.5. The second kappa shape index (κ2) is 8.47. The Balaban J connectivity index is 1.58. The molecule has 9 heteroatoms. The van der Waals surface area contributed by atoms with Crippen LogP contribution in [0.5, 0.6) is 0 Å². The second-order valence-electron chi connectivity index (χ2n) is 6.35. The van der Waals surface area contributed by atoms with Gasteiger partial charge in [-0.3, -0.25) is 19.7 Å². The molecule has 1 aromatic heterocycles. The molecule has 146 valence electrons. The average molecular weight is 383 g/mol. The molecule has 1 aromatic carbocycles. The molecule has 2 heterocycles. The summed E-state index contributed by atoms with van der Waals surface area (Å²) in [7, 11) is 0. The highest BCUT2D eigenvalue weighted by Crippen LogP contribution is 2.17. The van der Waals surface area contributed by atoms with Crippen molar-refractivity contribution < 1.29 is 14.5 Å². The van der Waals surface area contributed by atoms with Crippen molar-refractivity contribution in [2.24, 2.45) is 0 Å². The Morgan fingerprint density at radius 3 is 2.25 bits per heavy atom. The first-order valence-electron chi connectivity index (χ1n) is 9.02. The van der Waals surface area contributed by atoms with E-state index in [0.717, 1.165) is 5.82 Å². The van der Waals surface area contributed by atoms with Crippen LogP contribution >= 0.6 is 0 Å². The number of nitro benzene ring substituents is 1. The molecule has 1 saturated heterocycles. The van der Waals surface area contributed by atoms with E-state index in [-0.39, 0.29) is 17.5 Å². The Morgan fingerprint density at radius 1 is 1.07 bits per heavy atom. The molecule has 1 aliphatic heterocycles. The average Bonchev–Trinajstić information content (AvgIpc) is 2.74. The number of amides is 2. The molecular formula is C19H21N5O4. The summed E-state index contributed by atoms with van der Waals surface area (Å²) >= 11 is 0. The number of hydrogen-bond donors (Lipinski definition) is 1. The van der Waals surface area contributed by atoms with Gasteiger partial charge in [-0.15, -0.1) is 0 Å². The fourth-order valence-electron chi connectivity index (χ4n) is 3.02. The summed E-state index contributed by atoms with van der Waals surface area (Å²) in [6.07, 6.45) is 1.55. The van der Waals surface area contributed by atoms with Gasteiger partial charge < -0.3 is 15.1 Å². The summed E-state index contributed by atoms with van der Waals surface area (Å²) in [4.78, 5) is 42.8. The van der Waals surface area contributed by atoms with Gasteiger partial charge in [0.2, 0.25) is 0 Å². The predicted octanol–water partition coefficient (Wildman–Crippen LogP) is 1.70. The van der Waals surface area contributed by atoms with Crippen LogP contribution in [0.4, 0.5) is 11.5 Å². The van der Waals surface area contributed by atoms with E-state index >= 15 is 0 Å². The molecule has 0 atom stereocenters. The largest absolute Gasteiger partial charge is 0.353 e. The number of piperazine rings is 1. The van der Waals surface area contributed by atoms with E-state index < -0.39 is 4.92 Å². The molecule has 0 unspecified atom stereocenters. The molecule has 9 nitrogen and oxygen atoms in total. The fraction of sp³-hybridized carbons (Fsp3) is 0.316. The molecule has 1 N–H and O–H groups in total. The van der Waals surface area contributed by atoms with Crippen molar-refractivity contribution >= 4 is 23.3 Å². The van der Waals surface area contributed by atoms with E-state index in [1.807, 2.05) is 6.92 Å². The molecule has 3 rings (SSSR count).